The van der Waals surface area contributed by atoms with Crippen molar-refractivity contribution in [3.63, 3.8) is 0 Å². The number of aromatic nitrogens is 3. The first-order valence-electron chi connectivity index (χ1n) is 8.18. The van der Waals surface area contributed by atoms with Gasteiger partial charge in [0.1, 0.15) is 23.8 Å². The smallest absolute Gasteiger partial charge is 0.147 e. The van der Waals surface area contributed by atoms with Crippen molar-refractivity contribution < 1.29 is 14.2 Å². The van der Waals surface area contributed by atoms with E-state index in [1.807, 2.05) is 13.0 Å². The number of pyridine rings is 1. The van der Waals surface area contributed by atoms with E-state index in [1.165, 1.54) is 6.07 Å². The minimum Gasteiger partial charge on any atom is -0.392 e. The normalized spacial score (nSPS) is 20.1. The number of anilines is 2. The lowest BCUT2D eigenvalue weighted by Crippen LogP contribution is -2.36. The van der Waals surface area contributed by atoms with Crippen LogP contribution in [0, 0.1) is 12.7 Å². The number of aliphatic hydroxyl groups excluding tert-OH is 1. The van der Waals surface area contributed by atoms with Crippen molar-refractivity contribution in [2.75, 3.05) is 30.4 Å². The average molecular weight is 347 g/mol. The third-order valence-corrected chi connectivity index (χ3v) is 4.42. The molecule has 0 radical (unpaired) electrons. The van der Waals surface area contributed by atoms with Crippen molar-refractivity contribution >= 4 is 11.6 Å². The maximum atomic E-state index is 13.4. The first-order chi connectivity index (χ1) is 12.1. The van der Waals surface area contributed by atoms with Crippen LogP contribution in [0.15, 0.2) is 24.7 Å². The van der Waals surface area contributed by atoms with Gasteiger partial charge in [0.25, 0.3) is 0 Å². The molecule has 0 amide bonds. The molecule has 134 valence electrons. The van der Waals surface area contributed by atoms with Gasteiger partial charge in [-0.15, -0.1) is 0 Å². The summed E-state index contributed by atoms with van der Waals surface area (Å²) in [4.78, 5) is 14.7. The molecule has 3 rings (SSSR count). The molecule has 0 aromatic carbocycles. The zero-order chi connectivity index (χ0) is 17.8. The van der Waals surface area contributed by atoms with E-state index in [0.29, 0.717) is 12.4 Å². The van der Waals surface area contributed by atoms with Crippen LogP contribution in [0.5, 0.6) is 0 Å². The number of methoxy groups -OCH3 is 1. The molecular formula is C17H22FN5O2. The summed E-state index contributed by atoms with van der Waals surface area (Å²) in [7, 11) is 1.71. The molecule has 0 bridgehead atoms. The second-order valence-corrected chi connectivity index (χ2v) is 6.12. The van der Waals surface area contributed by atoms with E-state index >= 15 is 0 Å². The van der Waals surface area contributed by atoms with Crippen molar-refractivity contribution in [1.29, 1.82) is 0 Å². The summed E-state index contributed by atoms with van der Waals surface area (Å²) in [6.07, 6.45) is 3.65. The Morgan fingerprint density at radius 2 is 2.20 bits per heavy atom. The molecule has 7 nitrogen and oxygen atoms in total. The van der Waals surface area contributed by atoms with Crippen LogP contribution in [-0.2, 0) is 11.3 Å². The number of nitrogens with zero attached hydrogens (tertiary/aromatic N) is 4. The standard InChI is InChI=1S/C17H22FN5O2/c1-11-3-17(22-10-21-11)23-8-14(25-2)5-13(23)6-19-16-4-12(9-24)15(18)7-20-16/h3-4,7,10,13-14,24H,5-6,8-9H2,1-2H3,(H,19,20)/t13-,14-/m0/s1. The molecule has 0 spiro atoms. The SMILES string of the molecule is CO[C@H]1C[C@@H](CNc2cc(CO)c(F)cn2)N(c2cc(C)ncn2)C1. The Balaban J connectivity index is 1.72. The molecule has 25 heavy (non-hydrogen) atoms. The van der Waals surface area contributed by atoms with Crippen LogP contribution in [0.25, 0.3) is 0 Å². The van der Waals surface area contributed by atoms with Gasteiger partial charge in [0.2, 0.25) is 0 Å². The second kappa shape index (κ2) is 7.71. The van der Waals surface area contributed by atoms with Crippen molar-refractivity contribution in [2.24, 2.45) is 0 Å². The fraction of sp³-hybridized carbons (Fsp3) is 0.471. The molecular weight excluding hydrogens is 325 g/mol. The van der Waals surface area contributed by atoms with E-state index in [-0.39, 0.29) is 24.3 Å². The minimum absolute atomic E-state index is 0.122. The van der Waals surface area contributed by atoms with E-state index in [2.05, 4.69) is 25.2 Å². The van der Waals surface area contributed by atoms with Crippen LogP contribution in [-0.4, -0.2) is 52.4 Å². The summed E-state index contributed by atoms with van der Waals surface area (Å²) >= 11 is 0. The molecule has 1 aliphatic heterocycles. The van der Waals surface area contributed by atoms with Gasteiger partial charge >= 0.3 is 0 Å². The van der Waals surface area contributed by atoms with Gasteiger partial charge in [0, 0.05) is 37.5 Å². The molecule has 2 aromatic rings. The first-order valence-corrected chi connectivity index (χ1v) is 8.18. The minimum atomic E-state index is -0.508. The maximum absolute atomic E-state index is 13.4. The quantitative estimate of drug-likeness (QED) is 0.819. The molecule has 8 heteroatoms. The van der Waals surface area contributed by atoms with Crippen LogP contribution < -0.4 is 10.2 Å². The molecule has 1 aliphatic rings. The zero-order valence-corrected chi connectivity index (χ0v) is 14.3. The molecule has 3 heterocycles. The van der Waals surface area contributed by atoms with Crippen LogP contribution in [0.3, 0.4) is 0 Å². The van der Waals surface area contributed by atoms with E-state index in [9.17, 15) is 9.50 Å². The van der Waals surface area contributed by atoms with E-state index in [4.69, 9.17) is 4.74 Å². The molecule has 2 aromatic heterocycles. The number of nitrogens with one attached hydrogen (secondary N) is 1. The monoisotopic (exact) mass is 347 g/mol. The molecule has 0 saturated carbocycles. The Morgan fingerprint density at radius 1 is 1.36 bits per heavy atom. The zero-order valence-electron chi connectivity index (χ0n) is 14.3. The maximum Gasteiger partial charge on any atom is 0.147 e. The van der Waals surface area contributed by atoms with Gasteiger partial charge in [0.15, 0.2) is 0 Å². The number of aryl methyl sites for hydroxylation is 1. The molecule has 1 saturated heterocycles. The topological polar surface area (TPSA) is 83.4 Å². The highest BCUT2D eigenvalue weighted by molar-refractivity contribution is 5.44. The number of halogens is 1. The highest BCUT2D eigenvalue weighted by Gasteiger charge is 2.33. The lowest BCUT2D eigenvalue weighted by Gasteiger charge is -2.26. The summed E-state index contributed by atoms with van der Waals surface area (Å²) < 4.78 is 19.0. The predicted molar refractivity (Wildman–Crippen MR) is 91.9 cm³/mol. The van der Waals surface area contributed by atoms with Crippen molar-refractivity contribution in [1.82, 2.24) is 15.0 Å². The summed E-state index contributed by atoms with van der Waals surface area (Å²) in [5.41, 5.74) is 1.13. The molecule has 0 unspecified atom stereocenters. The molecule has 1 fully saturated rings. The Bertz CT molecular complexity index is 730. The fourth-order valence-electron chi connectivity index (χ4n) is 3.04. The highest BCUT2D eigenvalue weighted by atomic mass is 19.1. The van der Waals surface area contributed by atoms with Crippen LogP contribution >= 0.6 is 0 Å². The Morgan fingerprint density at radius 3 is 2.92 bits per heavy atom. The third kappa shape index (κ3) is 4.02. The van der Waals surface area contributed by atoms with Gasteiger partial charge < -0.3 is 20.1 Å². The van der Waals surface area contributed by atoms with Gasteiger partial charge in [0.05, 0.1) is 24.9 Å². The van der Waals surface area contributed by atoms with Crippen molar-refractivity contribution in [3.05, 3.63) is 41.7 Å². The Hall–Kier alpha value is -2.32. The summed E-state index contributed by atoms with van der Waals surface area (Å²) in [6.45, 7) is 2.93. The fourth-order valence-corrected chi connectivity index (χ4v) is 3.04. The number of rotatable bonds is 6. The van der Waals surface area contributed by atoms with Crippen molar-refractivity contribution in [2.45, 2.75) is 32.1 Å². The second-order valence-electron chi connectivity index (χ2n) is 6.12. The van der Waals surface area contributed by atoms with E-state index < -0.39 is 5.82 Å². The lowest BCUT2D eigenvalue weighted by molar-refractivity contribution is 0.118. The van der Waals surface area contributed by atoms with Crippen LogP contribution in [0.1, 0.15) is 17.7 Å². The third-order valence-electron chi connectivity index (χ3n) is 4.42. The Kier molecular flexibility index (Phi) is 5.40. The number of hydrogen-bond acceptors (Lipinski definition) is 7. The summed E-state index contributed by atoms with van der Waals surface area (Å²) in [5, 5.41) is 12.4. The average Bonchev–Trinajstić information content (AvgIpc) is 3.04. The summed E-state index contributed by atoms with van der Waals surface area (Å²) in [5.74, 6) is 0.888. The van der Waals surface area contributed by atoms with Gasteiger partial charge in [-0.2, -0.15) is 0 Å². The summed E-state index contributed by atoms with van der Waals surface area (Å²) in [6, 6.07) is 3.63. The predicted octanol–water partition coefficient (Wildman–Crippen LogP) is 1.52. The Labute approximate surface area is 145 Å². The van der Waals surface area contributed by atoms with Crippen LogP contribution in [0.4, 0.5) is 16.0 Å². The largest absolute Gasteiger partial charge is 0.392 e. The van der Waals surface area contributed by atoms with Gasteiger partial charge in [-0.1, -0.05) is 0 Å². The van der Waals surface area contributed by atoms with Gasteiger partial charge in [-0.25, -0.2) is 19.3 Å². The highest BCUT2D eigenvalue weighted by Crippen LogP contribution is 2.26. The van der Waals surface area contributed by atoms with Crippen LogP contribution in [0.2, 0.25) is 0 Å². The molecule has 0 aliphatic carbocycles. The number of hydrogen-bond donors (Lipinski definition) is 2. The van der Waals surface area contributed by atoms with E-state index in [0.717, 1.165) is 30.7 Å². The molecule has 2 N–H and O–H groups in total. The first kappa shape index (κ1) is 17.5. The van der Waals surface area contributed by atoms with Crippen molar-refractivity contribution in [3.8, 4) is 0 Å². The van der Waals surface area contributed by atoms with Gasteiger partial charge in [-0.05, 0) is 19.4 Å². The lowest BCUT2D eigenvalue weighted by atomic mass is 10.2. The number of aliphatic hydroxyl groups is 1. The van der Waals surface area contributed by atoms with E-state index in [1.54, 1.807) is 13.4 Å². The van der Waals surface area contributed by atoms with Gasteiger partial charge in [-0.3, -0.25) is 0 Å². The number of ether oxygens (including phenoxy) is 1. The molecule has 2 atom stereocenters.